The van der Waals surface area contributed by atoms with Crippen LogP contribution < -0.4 is 0 Å². The lowest BCUT2D eigenvalue weighted by Crippen LogP contribution is -1.80. The topological polar surface area (TPSA) is 0 Å². The third kappa shape index (κ3) is 1.19. The minimum absolute atomic E-state index is 0.606. The standard InChI is InChI=1S/C10H8Cl/c11-7-8-5-9-3-1-2-4-10(9)6-8/h1-6H,7H2. The second-order valence-electron chi connectivity index (χ2n) is 2.63. The molecule has 0 nitrogen and oxygen atoms in total. The maximum atomic E-state index is 5.70. The monoisotopic (exact) mass is 163 g/mol. The van der Waals surface area contributed by atoms with Crippen molar-refractivity contribution < 1.29 is 0 Å². The van der Waals surface area contributed by atoms with Crippen LogP contribution in [0.25, 0.3) is 6.08 Å². The highest BCUT2D eigenvalue weighted by Gasteiger charge is 2.10. The van der Waals surface area contributed by atoms with Gasteiger partial charge in [-0.25, -0.2) is 0 Å². The number of halogens is 1. The van der Waals surface area contributed by atoms with Gasteiger partial charge in [0.25, 0.3) is 0 Å². The molecule has 0 atom stereocenters. The molecule has 0 heterocycles. The second-order valence-corrected chi connectivity index (χ2v) is 2.89. The summed E-state index contributed by atoms with van der Waals surface area (Å²) in [4.78, 5) is 0. The third-order valence-electron chi connectivity index (χ3n) is 1.83. The lowest BCUT2D eigenvalue weighted by molar-refractivity contribution is 1.45. The highest BCUT2D eigenvalue weighted by atomic mass is 35.5. The Morgan fingerprint density at radius 3 is 2.45 bits per heavy atom. The van der Waals surface area contributed by atoms with Crippen LogP contribution in [-0.2, 0) is 0 Å². The van der Waals surface area contributed by atoms with Crippen LogP contribution in [0.4, 0.5) is 0 Å². The summed E-state index contributed by atoms with van der Waals surface area (Å²) in [5.41, 5.74) is 3.76. The summed E-state index contributed by atoms with van der Waals surface area (Å²) in [6.45, 7) is 0. The first-order valence-electron chi connectivity index (χ1n) is 3.60. The van der Waals surface area contributed by atoms with Crippen molar-refractivity contribution in [1.29, 1.82) is 0 Å². The van der Waals surface area contributed by atoms with Gasteiger partial charge in [0.2, 0.25) is 0 Å². The van der Waals surface area contributed by atoms with E-state index in [0.29, 0.717) is 5.88 Å². The lowest BCUT2D eigenvalue weighted by atomic mass is 10.1. The highest BCUT2D eigenvalue weighted by molar-refractivity contribution is 6.20. The molecule has 1 aromatic carbocycles. The Balaban J connectivity index is 2.39. The van der Waals surface area contributed by atoms with Crippen molar-refractivity contribution in [3.63, 3.8) is 0 Å². The van der Waals surface area contributed by atoms with Crippen molar-refractivity contribution in [3.8, 4) is 0 Å². The molecule has 0 N–H and O–H groups in total. The molecule has 1 aromatic rings. The van der Waals surface area contributed by atoms with Gasteiger partial charge in [-0.2, -0.15) is 0 Å². The van der Waals surface area contributed by atoms with Gasteiger partial charge in [-0.3, -0.25) is 0 Å². The van der Waals surface area contributed by atoms with Gasteiger partial charge in [-0.05, 0) is 16.7 Å². The number of hydrogen-bond donors (Lipinski definition) is 0. The molecule has 1 heteroatoms. The molecule has 1 aliphatic rings. The molecular weight excluding hydrogens is 156 g/mol. The molecule has 0 aromatic heterocycles. The van der Waals surface area contributed by atoms with Crippen LogP contribution in [0.1, 0.15) is 11.1 Å². The zero-order valence-electron chi connectivity index (χ0n) is 6.05. The normalized spacial score (nSPS) is 14.5. The number of alkyl halides is 1. The molecule has 0 amide bonds. The van der Waals surface area contributed by atoms with E-state index in [9.17, 15) is 0 Å². The number of rotatable bonds is 1. The molecule has 1 aliphatic carbocycles. The Morgan fingerprint density at radius 1 is 1.09 bits per heavy atom. The van der Waals surface area contributed by atoms with E-state index in [1.54, 1.807) is 0 Å². The minimum atomic E-state index is 0.606. The summed E-state index contributed by atoms with van der Waals surface area (Å²) in [7, 11) is 0. The van der Waals surface area contributed by atoms with Gasteiger partial charge in [0.1, 0.15) is 0 Å². The van der Waals surface area contributed by atoms with E-state index in [2.05, 4.69) is 24.6 Å². The largest absolute Gasteiger partial charge is 0.122 e. The Morgan fingerprint density at radius 2 is 1.82 bits per heavy atom. The van der Waals surface area contributed by atoms with Crippen molar-refractivity contribution in [2.24, 2.45) is 0 Å². The summed E-state index contributed by atoms with van der Waals surface area (Å²) < 4.78 is 0. The summed E-state index contributed by atoms with van der Waals surface area (Å²) in [6.07, 6.45) is 4.25. The number of hydrogen-bond acceptors (Lipinski definition) is 0. The SMILES string of the molecule is ClCC1=Cc2ccccc2[CH]1. The molecule has 11 heavy (non-hydrogen) atoms. The smallest absolute Gasteiger partial charge is 0.0443 e. The van der Waals surface area contributed by atoms with Crippen LogP contribution in [-0.4, -0.2) is 5.88 Å². The van der Waals surface area contributed by atoms with Crippen LogP contribution in [0, 0.1) is 6.42 Å². The molecule has 2 rings (SSSR count). The maximum Gasteiger partial charge on any atom is 0.0443 e. The molecular formula is C10H8Cl. The van der Waals surface area contributed by atoms with E-state index in [-0.39, 0.29) is 0 Å². The van der Waals surface area contributed by atoms with E-state index in [1.807, 2.05) is 12.1 Å². The van der Waals surface area contributed by atoms with E-state index in [0.717, 1.165) is 0 Å². The molecule has 0 unspecified atom stereocenters. The lowest BCUT2D eigenvalue weighted by Gasteiger charge is -1.94. The van der Waals surface area contributed by atoms with Crippen LogP contribution in [0.15, 0.2) is 29.8 Å². The van der Waals surface area contributed by atoms with Crippen LogP contribution in [0.3, 0.4) is 0 Å². The van der Waals surface area contributed by atoms with Crippen molar-refractivity contribution in [2.45, 2.75) is 0 Å². The van der Waals surface area contributed by atoms with Crippen molar-refractivity contribution >= 4 is 17.7 Å². The maximum absolute atomic E-state index is 5.70. The summed E-state index contributed by atoms with van der Waals surface area (Å²) >= 11 is 5.70. The van der Waals surface area contributed by atoms with Gasteiger partial charge in [0, 0.05) is 12.3 Å². The number of allylic oxidation sites excluding steroid dienone is 1. The first-order valence-corrected chi connectivity index (χ1v) is 4.14. The number of fused-ring (bicyclic) bond motifs is 1. The van der Waals surface area contributed by atoms with E-state index < -0.39 is 0 Å². The molecule has 1 radical (unpaired) electrons. The van der Waals surface area contributed by atoms with Gasteiger partial charge < -0.3 is 0 Å². The van der Waals surface area contributed by atoms with E-state index in [4.69, 9.17) is 11.6 Å². The Labute approximate surface area is 71.5 Å². The fraction of sp³-hybridized carbons (Fsp3) is 0.100. The minimum Gasteiger partial charge on any atom is -0.122 e. The van der Waals surface area contributed by atoms with Crippen molar-refractivity contribution in [3.05, 3.63) is 47.4 Å². The molecule has 0 spiro atoms. The zero-order valence-corrected chi connectivity index (χ0v) is 6.81. The fourth-order valence-corrected chi connectivity index (χ4v) is 1.45. The van der Waals surface area contributed by atoms with E-state index in [1.165, 1.54) is 16.7 Å². The quantitative estimate of drug-likeness (QED) is 0.559. The predicted octanol–water partition coefficient (Wildman–Crippen LogP) is 2.87. The van der Waals surface area contributed by atoms with Gasteiger partial charge in [-0.1, -0.05) is 30.3 Å². The highest BCUT2D eigenvalue weighted by Crippen LogP contribution is 2.26. The van der Waals surface area contributed by atoms with Crippen molar-refractivity contribution in [1.82, 2.24) is 0 Å². The molecule has 0 saturated carbocycles. The summed E-state index contributed by atoms with van der Waals surface area (Å²) in [6, 6.07) is 8.29. The second kappa shape index (κ2) is 2.71. The molecule has 55 valence electrons. The predicted molar refractivity (Wildman–Crippen MR) is 48.5 cm³/mol. The average molecular weight is 164 g/mol. The third-order valence-corrected chi connectivity index (χ3v) is 2.14. The van der Waals surface area contributed by atoms with Gasteiger partial charge in [0.15, 0.2) is 0 Å². The van der Waals surface area contributed by atoms with Crippen LogP contribution in [0.2, 0.25) is 0 Å². The average Bonchev–Trinajstić information content (AvgIpc) is 2.46. The number of benzene rings is 1. The van der Waals surface area contributed by atoms with Gasteiger partial charge in [-0.15, -0.1) is 11.6 Å². The van der Waals surface area contributed by atoms with E-state index >= 15 is 0 Å². The summed E-state index contributed by atoms with van der Waals surface area (Å²) in [5, 5.41) is 0. The molecule has 0 bridgehead atoms. The summed E-state index contributed by atoms with van der Waals surface area (Å²) in [5.74, 6) is 0.606. The zero-order chi connectivity index (χ0) is 7.68. The van der Waals surface area contributed by atoms with Crippen LogP contribution in [0.5, 0.6) is 0 Å². The Kier molecular flexibility index (Phi) is 1.71. The van der Waals surface area contributed by atoms with Crippen LogP contribution >= 0.6 is 11.6 Å². The van der Waals surface area contributed by atoms with Gasteiger partial charge >= 0.3 is 0 Å². The first-order chi connectivity index (χ1) is 5.40. The van der Waals surface area contributed by atoms with Gasteiger partial charge in [0.05, 0.1) is 0 Å². The molecule has 0 fully saturated rings. The Hall–Kier alpha value is -0.750. The fourth-order valence-electron chi connectivity index (χ4n) is 1.29. The van der Waals surface area contributed by atoms with Crippen molar-refractivity contribution in [2.75, 3.05) is 5.88 Å². The molecule has 0 aliphatic heterocycles. The Bertz CT molecular complexity index is 299. The first kappa shape index (κ1) is 6.93. The molecule has 0 saturated heterocycles.